The Bertz CT molecular complexity index is 196. The lowest BCUT2D eigenvalue weighted by Crippen LogP contribution is -2.41. The molecule has 16 heavy (non-hydrogen) atoms. The molecule has 0 aromatic heterocycles. The zero-order valence-electron chi connectivity index (χ0n) is 10.1. The van der Waals surface area contributed by atoms with Crippen molar-refractivity contribution in [2.24, 2.45) is 5.41 Å². The summed E-state index contributed by atoms with van der Waals surface area (Å²) in [6.07, 6.45) is -1.21. The smallest absolute Gasteiger partial charge is 0.251 e. The molecule has 1 saturated heterocycles. The molecule has 1 heterocycles. The average Bonchev–Trinajstić information content (AvgIpc) is 2.60. The summed E-state index contributed by atoms with van der Waals surface area (Å²) >= 11 is 0. The van der Waals surface area contributed by atoms with Crippen molar-refractivity contribution in [3.8, 4) is 0 Å². The van der Waals surface area contributed by atoms with E-state index in [4.69, 9.17) is 4.74 Å². The van der Waals surface area contributed by atoms with Crippen LogP contribution in [-0.2, 0) is 4.74 Å². The van der Waals surface area contributed by atoms with Crippen molar-refractivity contribution in [3.05, 3.63) is 0 Å². The summed E-state index contributed by atoms with van der Waals surface area (Å²) in [5.74, 6) is 0. The molecule has 0 aromatic rings. The Morgan fingerprint density at radius 3 is 2.75 bits per heavy atom. The fourth-order valence-corrected chi connectivity index (χ4v) is 2.19. The fourth-order valence-electron chi connectivity index (χ4n) is 2.19. The van der Waals surface area contributed by atoms with Gasteiger partial charge in [0.15, 0.2) is 0 Å². The fraction of sp³-hybridized carbons (Fsp3) is 1.00. The largest absolute Gasteiger partial charge is 0.383 e. The molecule has 1 unspecified atom stereocenters. The standard InChI is InChI=1S/C11H22F2N2O/c1-11(3-4-14-8-11)9-15(5-6-16-2)7-10(12)13/h10,14H,3-9H2,1-2H3. The van der Waals surface area contributed by atoms with Crippen molar-refractivity contribution in [1.82, 2.24) is 10.2 Å². The van der Waals surface area contributed by atoms with E-state index in [9.17, 15) is 8.78 Å². The SMILES string of the molecule is COCCN(CC(F)F)CC1(C)CCNC1. The Hall–Kier alpha value is -0.260. The molecule has 5 heteroatoms. The second-order valence-electron chi connectivity index (χ2n) is 4.86. The molecule has 0 bridgehead atoms. The highest BCUT2D eigenvalue weighted by Gasteiger charge is 2.31. The predicted octanol–water partition coefficient (Wildman–Crippen LogP) is 1.20. The Morgan fingerprint density at radius 1 is 1.50 bits per heavy atom. The lowest BCUT2D eigenvalue weighted by molar-refractivity contribution is 0.0515. The number of nitrogens with one attached hydrogen (secondary N) is 1. The van der Waals surface area contributed by atoms with E-state index in [1.54, 1.807) is 12.0 Å². The van der Waals surface area contributed by atoms with Gasteiger partial charge in [-0.05, 0) is 18.4 Å². The van der Waals surface area contributed by atoms with Crippen molar-refractivity contribution in [2.75, 3.05) is 46.4 Å². The molecule has 1 rings (SSSR count). The molecule has 0 radical (unpaired) electrons. The maximum Gasteiger partial charge on any atom is 0.251 e. The third-order valence-corrected chi connectivity index (χ3v) is 3.07. The molecule has 3 nitrogen and oxygen atoms in total. The summed E-state index contributed by atoms with van der Waals surface area (Å²) in [6, 6.07) is 0. The minimum Gasteiger partial charge on any atom is -0.383 e. The lowest BCUT2D eigenvalue weighted by Gasteiger charge is -2.31. The van der Waals surface area contributed by atoms with Gasteiger partial charge in [0.2, 0.25) is 0 Å². The highest BCUT2D eigenvalue weighted by Crippen LogP contribution is 2.25. The molecule has 1 N–H and O–H groups in total. The van der Waals surface area contributed by atoms with E-state index >= 15 is 0 Å². The summed E-state index contributed by atoms with van der Waals surface area (Å²) < 4.78 is 29.8. The van der Waals surface area contributed by atoms with Crippen LogP contribution >= 0.6 is 0 Å². The van der Waals surface area contributed by atoms with Crippen LogP contribution in [0.2, 0.25) is 0 Å². The second kappa shape index (κ2) is 6.47. The van der Waals surface area contributed by atoms with Crippen LogP contribution in [0.5, 0.6) is 0 Å². The number of hydrogen-bond donors (Lipinski definition) is 1. The number of alkyl halides is 2. The van der Waals surface area contributed by atoms with E-state index in [0.717, 1.165) is 19.5 Å². The highest BCUT2D eigenvalue weighted by atomic mass is 19.3. The summed E-state index contributed by atoms with van der Waals surface area (Å²) in [5, 5.41) is 3.28. The summed E-state index contributed by atoms with van der Waals surface area (Å²) in [6.45, 7) is 5.71. The Balaban J connectivity index is 2.41. The van der Waals surface area contributed by atoms with Crippen molar-refractivity contribution < 1.29 is 13.5 Å². The van der Waals surface area contributed by atoms with Gasteiger partial charge in [-0.3, -0.25) is 4.90 Å². The van der Waals surface area contributed by atoms with Crippen LogP contribution in [0.1, 0.15) is 13.3 Å². The third kappa shape index (κ3) is 4.72. The molecule has 1 atom stereocenters. The summed E-state index contributed by atoms with van der Waals surface area (Å²) in [4.78, 5) is 1.81. The Labute approximate surface area is 96.1 Å². The number of rotatable bonds is 7. The van der Waals surface area contributed by atoms with Crippen molar-refractivity contribution in [3.63, 3.8) is 0 Å². The van der Waals surface area contributed by atoms with Crippen LogP contribution in [0.4, 0.5) is 8.78 Å². The second-order valence-corrected chi connectivity index (χ2v) is 4.86. The molecule has 0 saturated carbocycles. The molecule has 96 valence electrons. The van der Waals surface area contributed by atoms with Gasteiger partial charge in [-0.25, -0.2) is 8.78 Å². The maximum atomic E-state index is 12.4. The van der Waals surface area contributed by atoms with Crippen LogP contribution in [0, 0.1) is 5.41 Å². The minimum atomic E-state index is -2.27. The van der Waals surface area contributed by atoms with E-state index in [2.05, 4.69) is 12.2 Å². The predicted molar refractivity (Wildman–Crippen MR) is 59.9 cm³/mol. The highest BCUT2D eigenvalue weighted by molar-refractivity contribution is 4.86. The van der Waals surface area contributed by atoms with Gasteiger partial charge in [0.25, 0.3) is 6.43 Å². The van der Waals surface area contributed by atoms with Crippen LogP contribution in [0.15, 0.2) is 0 Å². The van der Waals surface area contributed by atoms with Crippen LogP contribution in [0.3, 0.4) is 0 Å². The van der Waals surface area contributed by atoms with Crippen LogP contribution < -0.4 is 5.32 Å². The number of ether oxygens (including phenoxy) is 1. The van der Waals surface area contributed by atoms with E-state index in [1.165, 1.54) is 0 Å². The van der Waals surface area contributed by atoms with Crippen LogP contribution in [0.25, 0.3) is 0 Å². The zero-order chi connectivity index (χ0) is 12.0. The first kappa shape index (κ1) is 13.8. The van der Waals surface area contributed by atoms with E-state index in [1.807, 2.05) is 0 Å². The van der Waals surface area contributed by atoms with Crippen molar-refractivity contribution >= 4 is 0 Å². The van der Waals surface area contributed by atoms with E-state index in [-0.39, 0.29) is 12.0 Å². The average molecular weight is 236 g/mol. The normalized spacial score (nSPS) is 25.9. The van der Waals surface area contributed by atoms with Crippen molar-refractivity contribution in [1.29, 1.82) is 0 Å². The first-order valence-electron chi connectivity index (χ1n) is 5.76. The number of halogens is 2. The Kier molecular flexibility index (Phi) is 5.58. The van der Waals surface area contributed by atoms with E-state index < -0.39 is 6.43 Å². The van der Waals surface area contributed by atoms with Crippen LogP contribution in [-0.4, -0.2) is 57.8 Å². The van der Waals surface area contributed by atoms with Gasteiger partial charge in [0, 0.05) is 26.7 Å². The monoisotopic (exact) mass is 236 g/mol. The first-order valence-corrected chi connectivity index (χ1v) is 5.76. The Morgan fingerprint density at radius 2 is 2.25 bits per heavy atom. The number of nitrogens with zero attached hydrogens (tertiary/aromatic N) is 1. The molecule has 1 fully saturated rings. The minimum absolute atomic E-state index is 0.128. The molecule has 0 aromatic carbocycles. The quantitative estimate of drug-likeness (QED) is 0.719. The van der Waals surface area contributed by atoms with Gasteiger partial charge in [-0.1, -0.05) is 6.92 Å². The van der Waals surface area contributed by atoms with Gasteiger partial charge in [0.05, 0.1) is 13.2 Å². The molecular weight excluding hydrogens is 214 g/mol. The maximum absolute atomic E-state index is 12.4. The molecule has 0 aliphatic carbocycles. The van der Waals surface area contributed by atoms with Gasteiger partial charge in [-0.2, -0.15) is 0 Å². The van der Waals surface area contributed by atoms with Crippen molar-refractivity contribution in [2.45, 2.75) is 19.8 Å². The molecule has 1 aliphatic rings. The number of hydrogen-bond acceptors (Lipinski definition) is 3. The van der Waals surface area contributed by atoms with Gasteiger partial charge >= 0.3 is 0 Å². The zero-order valence-corrected chi connectivity index (χ0v) is 10.1. The topological polar surface area (TPSA) is 24.5 Å². The summed E-state index contributed by atoms with van der Waals surface area (Å²) in [5.41, 5.74) is 0.128. The first-order chi connectivity index (χ1) is 7.56. The number of methoxy groups -OCH3 is 1. The van der Waals surface area contributed by atoms with Gasteiger partial charge in [0.1, 0.15) is 0 Å². The molecule has 0 amide bonds. The summed E-state index contributed by atoms with van der Waals surface area (Å²) in [7, 11) is 1.60. The molecule has 1 aliphatic heterocycles. The lowest BCUT2D eigenvalue weighted by atomic mass is 9.89. The molecular formula is C11H22F2N2O. The molecule has 0 spiro atoms. The van der Waals surface area contributed by atoms with Gasteiger partial charge < -0.3 is 10.1 Å². The van der Waals surface area contributed by atoms with E-state index in [0.29, 0.717) is 19.7 Å². The van der Waals surface area contributed by atoms with Gasteiger partial charge in [-0.15, -0.1) is 0 Å². The third-order valence-electron chi connectivity index (χ3n) is 3.07.